The molecule has 0 amide bonds. The Morgan fingerprint density at radius 3 is 1.70 bits per heavy atom. The van der Waals surface area contributed by atoms with E-state index in [1.54, 1.807) is 0 Å². The third-order valence-corrected chi connectivity index (χ3v) is 9.13. The Morgan fingerprint density at radius 2 is 1.24 bits per heavy atom. The average Bonchev–Trinajstić information content (AvgIpc) is 2.64. The zero-order chi connectivity index (χ0) is 25.3. The van der Waals surface area contributed by atoms with Gasteiger partial charge in [-0.05, 0) is 81.0 Å². The Hall–Kier alpha value is -1.99. The lowest BCUT2D eigenvalue weighted by Crippen LogP contribution is -2.22. The number of benzene rings is 2. The van der Waals surface area contributed by atoms with E-state index in [-0.39, 0.29) is 17.5 Å². The first kappa shape index (κ1) is 27.3. The molecule has 0 spiro atoms. The van der Waals surface area contributed by atoms with Gasteiger partial charge in [0.2, 0.25) is 18.2 Å². The lowest BCUT2D eigenvalue weighted by Gasteiger charge is -2.27. The van der Waals surface area contributed by atoms with Crippen LogP contribution in [0, 0.1) is 46.0 Å². The molecule has 0 heterocycles. The largest absolute Gasteiger partial charge is 0.307 e. The van der Waals surface area contributed by atoms with Crippen molar-refractivity contribution in [2.45, 2.75) is 82.1 Å². The van der Waals surface area contributed by atoms with E-state index in [1.165, 1.54) is 0 Å². The summed E-state index contributed by atoms with van der Waals surface area (Å²) in [7, 11) is -3.92. The Kier molecular flexibility index (Phi) is 8.34. The molecule has 4 heteroatoms. The van der Waals surface area contributed by atoms with Crippen molar-refractivity contribution in [3.05, 3.63) is 68.8 Å². The van der Waals surface area contributed by atoms with Crippen LogP contribution in [0.5, 0.6) is 0 Å². The molecule has 33 heavy (non-hydrogen) atoms. The van der Waals surface area contributed by atoms with Crippen LogP contribution in [0.1, 0.15) is 95.1 Å². The van der Waals surface area contributed by atoms with Crippen LogP contribution in [0.4, 0.5) is 0 Å². The highest BCUT2D eigenvalue weighted by molar-refractivity contribution is 7.95. The summed E-state index contributed by atoms with van der Waals surface area (Å²) in [6.45, 7) is 20.0. The molecule has 2 unspecified atom stereocenters. The first-order valence-electron chi connectivity index (χ1n) is 12.0. The summed E-state index contributed by atoms with van der Waals surface area (Å²) in [5.74, 6) is -0.0226. The normalized spacial score (nSPS) is 14.6. The van der Waals surface area contributed by atoms with Gasteiger partial charge in [0.25, 0.3) is 0 Å². The van der Waals surface area contributed by atoms with Gasteiger partial charge in [0.1, 0.15) is 0 Å². The van der Waals surface area contributed by atoms with Crippen molar-refractivity contribution in [1.82, 2.24) is 0 Å². The van der Waals surface area contributed by atoms with E-state index in [0.29, 0.717) is 17.5 Å². The maximum absolute atomic E-state index is 14.7. The number of hydrogen-bond acceptors (Lipinski definition) is 3. The number of carbonyl (C=O) groups is 2. The van der Waals surface area contributed by atoms with E-state index in [0.717, 1.165) is 39.8 Å². The predicted octanol–water partition coefficient (Wildman–Crippen LogP) is 8.21. The molecule has 0 radical (unpaired) electrons. The fourth-order valence-electron chi connectivity index (χ4n) is 5.33. The zero-order valence-electron chi connectivity index (χ0n) is 22.2. The highest BCUT2D eigenvalue weighted by Crippen LogP contribution is 2.55. The molecular formula is C29H41O3P. The van der Waals surface area contributed by atoms with Crippen molar-refractivity contribution in [2.75, 3.05) is 6.16 Å². The van der Waals surface area contributed by atoms with Crippen LogP contribution in [-0.4, -0.2) is 17.2 Å². The Bertz CT molecular complexity index is 1100. The van der Waals surface area contributed by atoms with E-state index < -0.39 is 18.2 Å². The van der Waals surface area contributed by atoms with Crippen molar-refractivity contribution in [3.63, 3.8) is 0 Å². The molecular weight excluding hydrogens is 427 g/mol. The van der Waals surface area contributed by atoms with Crippen molar-refractivity contribution < 1.29 is 14.2 Å². The van der Waals surface area contributed by atoms with Gasteiger partial charge in [0.15, 0.2) is 0 Å². The predicted molar refractivity (Wildman–Crippen MR) is 140 cm³/mol. The summed E-state index contributed by atoms with van der Waals surface area (Å²) in [5.41, 5.74) is 5.33. The molecule has 2 atom stereocenters. The molecule has 3 nitrogen and oxygen atoms in total. The molecule has 0 saturated heterocycles. The third kappa shape index (κ3) is 6.12. The zero-order valence-corrected chi connectivity index (χ0v) is 23.1. The minimum absolute atomic E-state index is 0.0143. The van der Waals surface area contributed by atoms with Crippen molar-refractivity contribution in [1.29, 1.82) is 0 Å². The number of rotatable bonds is 8. The van der Waals surface area contributed by atoms with E-state index in [2.05, 4.69) is 20.8 Å². The molecule has 0 bridgehead atoms. The van der Waals surface area contributed by atoms with Crippen LogP contribution in [0.2, 0.25) is 0 Å². The standard InChI is InChI=1S/C29H41O3P/c1-11-24-15-19(3)14-23(7)26(24)28(31)33(32,17-20(4)16-29(8,9)10)27(30)25-21(5)12-18(2)13-22(25)6/h12-15,20H,11,16-17H2,1-10H3. The van der Waals surface area contributed by atoms with Gasteiger partial charge in [-0.15, -0.1) is 0 Å². The van der Waals surface area contributed by atoms with Gasteiger partial charge < -0.3 is 4.57 Å². The molecule has 0 N–H and O–H groups in total. The molecule has 2 aromatic carbocycles. The van der Waals surface area contributed by atoms with Crippen LogP contribution in [0.15, 0.2) is 24.3 Å². The Morgan fingerprint density at radius 1 is 0.818 bits per heavy atom. The van der Waals surface area contributed by atoms with Gasteiger partial charge in [0.05, 0.1) is 0 Å². The van der Waals surface area contributed by atoms with E-state index >= 15 is 0 Å². The summed E-state index contributed by atoms with van der Waals surface area (Å²) >= 11 is 0. The van der Waals surface area contributed by atoms with Gasteiger partial charge in [-0.3, -0.25) is 9.59 Å². The van der Waals surface area contributed by atoms with Crippen LogP contribution in [-0.2, 0) is 11.0 Å². The second-order valence-corrected chi connectivity index (χ2v) is 13.8. The summed E-state index contributed by atoms with van der Waals surface area (Å²) in [5, 5.41) is 0. The van der Waals surface area contributed by atoms with Gasteiger partial charge in [-0.1, -0.05) is 70.0 Å². The monoisotopic (exact) mass is 468 g/mol. The Labute approximate surface area is 200 Å². The van der Waals surface area contributed by atoms with Crippen LogP contribution in [0.3, 0.4) is 0 Å². The molecule has 180 valence electrons. The van der Waals surface area contributed by atoms with E-state index in [4.69, 9.17) is 0 Å². The van der Waals surface area contributed by atoms with Gasteiger partial charge in [0, 0.05) is 17.3 Å². The van der Waals surface area contributed by atoms with Crippen molar-refractivity contribution in [2.24, 2.45) is 11.3 Å². The highest BCUT2D eigenvalue weighted by Gasteiger charge is 2.44. The number of aryl methyl sites for hydroxylation is 6. The van der Waals surface area contributed by atoms with Crippen LogP contribution < -0.4 is 0 Å². The summed E-state index contributed by atoms with van der Waals surface area (Å²) < 4.78 is 14.7. The van der Waals surface area contributed by atoms with Crippen molar-refractivity contribution >= 4 is 18.2 Å². The Balaban J connectivity index is 2.73. The number of hydrogen-bond donors (Lipinski definition) is 0. The maximum atomic E-state index is 14.7. The SMILES string of the molecule is CCc1cc(C)cc(C)c1C(=O)P(=O)(CC(C)CC(C)(C)C)C(=O)c1c(C)cc(C)cc1C. The smallest absolute Gasteiger partial charge is 0.229 e. The fraction of sp³-hybridized carbons (Fsp3) is 0.517. The third-order valence-electron chi connectivity index (χ3n) is 6.23. The quantitative estimate of drug-likeness (QED) is 0.367. The number of carbonyl (C=O) groups excluding carboxylic acids is 2. The molecule has 2 aromatic rings. The van der Waals surface area contributed by atoms with Crippen LogP contribution in [0.25, 0.3) is 0 Å². The maximum Gasteiger partial charge on any atom is 0.229 e. The van der Waals surface area contributed by atoms with Crippen LogP contribution >= 0.6 is 7.14 Å². The van der Waals surface area contributed by atoms with Gasteiger partial charge >= 0.3 is 0 Å². The first-order valence-corrected chi connectivity index (χ1v) is 13.9. The average molecular weight is 469 g/mol. The summed E-state index contributed by atoms with van der Waals surface area (Å²) in [6.07, 6.45) is 1.54. The highest BCUT2D eigenvalue weighted by atomic mass is 31.2. The minimum Gasteiger partial charge on any atom is -0.307 e. The molecule has 0 aliphatic rings. The van der Waals surface area contributed by atoms with Gasteiger partial charge in [-0.2, -0.15) is 0 Å². The minimum atomic E-state index is -3.92. The lowest BCUT2D eigenvalue weighted by molar-refractivity contribution is 0.103. The lowest BCUT2D eigenvalue weighted by atomic mass is 9.86. The molecule has 0 aliphatic carbocycles. The topological polar surface area (TPSA) is 51.2 Å². The molecule has 0 fully saturated rings. The fourth-order valence-corrected chi connectivity index (χ4v) is 8.24. The summed E-state index contributed by atoms with van der Waals surface area (Å²) in [4.78, 5) is 28.1. The van der Waals surface area contributed by atoms with E-state index in [9.17, 15) is 14.2 Å². The van der Waals surface area contributed by atoms with Crippen molar-refractivity contribution in [3.8, 4) is 0 Å². The van der Waals surface area contributed by atoms with Gasteiger partial charge in [-0.25, -0.2) is 0 Å². The second-order valence-electron chi connectivity index (χ2n) is 11.1. The first-order chi connectivity index (χ1) is 15.1. The van der Waals surface area contributed by atoms with E-state index in [1.807, 2.05) is 72.7 Å². The molecule has 2 rings (SSSR count). The second kappa shape index (κ2) is 10.1. The summed E-state index contributed by atoms with van der Waals surface area (Å²) in [6, 6.07) is 7.79. The molecule has 0 saturated carbocycles. The molecule has 0 aromatic heterocycles. The molecule has 0 aliphatic heterocycles.